The monoisotopic (exact) mass is 209 g/mol. The minimum atomic E-state index is 0.0106. The van der Waals surface area contributed by atoms with Crippen molar-refractivity contribution in [2.75, 3.05) is 18.5 Å². The summed E-state index contributed by atoms with van der Waals surface area (Å²) in [5.41, 5.74) is 0. The van der Waals surface area contributed by atoms with Crippen LogP contribution in [0.15, 0.2) is 12.3 Å². The smallest absolute Gasteiger partial charge is 0.318 e. The highest BCUT2D eigenvalue weighted by atomic mass is 16.6. The Morgan fingerprint density at radius 3 is 3.33 bits per heavy atom. The van der Waals surface area contributed by atoms with Crippen LogP contribution in [0.2, 0.25) is 0 Å². The van der Waals surface area contributed by atoms with Gasteiger partial charge in [0.1, 0.15) is 11.9 Å². The van der Waals surface area contributed by atoms with Gasteiger partial charge in [-0.2, -0.15) is 4.98 Å². The molecule has 2 heterocycles. The highest BCUT2D eigenvalue weighted by molar-refractivity contribution is 5.68. The number of aromatic nitrogens is 2. The lowest BCUT2D eigenvalue weighted by molar-refractivity contribution is -0.105. The Bertz CT molecular complexity index is 339. The van der Waals surface area contributed by atoms with Crippen molar-refractivity contribution in [2.24, 2.45) is 0 Å². The number of nitrogens with one attached hydrogen (secondary N) is 1. The Morgan fingerprint density at radius 1 is 1.67 bits per heavy atom. The molecule has 0 bridgehead atoms. The first-order chi connectivity index (χ1) is 7.38. The van der Waals surface area contributed by atoms with E-state index in [1.54, 1.807) is 6.07 Å². The summed E-state index contributed by atoms with van der Waals surface area (Å²) in [5, 5.41) is 2.43. The molecule has 15 heavy (non-hydrogen) atoms. The van der Waals surface area contributed by atoms with E-state index in [0.717, 1.165) is 6.42 Å². The van der Waals surface area contributed by atoms with Gasteiger partial charge in [0.25, 0.3) is 0 Å². The molecule has 6 nitrogen and oxygen atoms in total. The van der Waals surface area contributed by atoms with Gasteiger partial charge in [-0.25, -0.2) is 4.98 Å². The van der Waals surface area contributed by atoms with Crippen molar-refractivity contribution in [3.05, 3.63) is 12.3 Å². The summed E-state index contributed by atoms with van der Waals surface area (Å²) >= 11 is 0. The summed E-state index contributed by atoms with van der Waals surface area (Å²) in [6.07, 6.45) is 2.94. The van der Waals surface area contributed by atoms with E-state index >= 15 is 0 Å². The van der Waals surface area contributed by atoms with E-state index in [2.05, 4.69) is 15.3 Å². The van der Waals surface area contributed by atoms with E-state index in [-0.39, 0.29) is 12.1 Å². The molecule has 0 aromatic carbocycles. The van der Waals surface area contributed by atoms with Gasteiger partial charge >= 0.3 is 6.01 Å². The average molecular weight is 209 g/mol. The first-order valence-corrected chi connectivity index (χ1v) is 4.66. The normalized spacial score (nSPS) is 19.9. The minimum Gasteiger partial charge on any atom is -0.458 e. The third kappa shape index (κ3) is 2.63. The maximum absolute atomic E-state index is 10.2. The number of hydrogen-bond donors (Lipinski definition) is 1. The summed E-state index contributed by atoms with van der Waals surface area (Å²) in [6, 6.07) is 1.85. The van der Waals surface area contributed by atoms with Gasteiger partial charge in [0.15, 0.2) is 0 Å². The van der Waals surface area contributed by atoms with Crippen LogP contribution in [-0.2, 0) is 9.53 Å². The van der Waals surface area contributed by atoms with Crippen LogP contribution in [-0.4, -0.2) is 35.7 Å². The van der Waals surface area contributed by atoms with Crippen LogP contribution in [0.4, 0.5) is 5.82 Å². The van der Waals surface area contributed by atoms with Gasteiger partial charge in [0, 0.05) is 12.6 Å². The molecule has 0 spiro atoms. The molecule has 1 amide bonds. The van der Waals surface area contributed by atoms with Crippen LogP contribution >= 0.6 is 0 Å². The lowest BCUT2D eigenvalue weighted by Crippen LogP contribution is -2.17. The lowest BCUT2D eigenvalue weighted by atomic mass is 10.3. The second-order valence-electron chi connectivity index (χ2n) is 3.09. The number of anilines is 1. The van der Waals surface area contributed by atoms with Crippen LogP contribution in [0.25, 0.3) is 0 Å². The molecule has 1 aromatic heterocycles. The van der Waals surface area contributed by atoms with Crippen molar-refractivity contribution in [2.45, 2.75) is 12.5 Å². The Hall–Kier alpha value is -1.69. The predicted molar refractivity (Wildman–Crippen MR) is 51.6 cm³/mol. The van der Waals surface area contributed by atoms with Crippen LogP contribution in [0, 0.1) is 0 Å². The highest BCUT2D eigenvalue weighted by Gasteiger charge is 2.18. The summed E-state index contributed by atoms with van der Waals surface area (Å²) in [6.45, 7) is 1.27. The molecule has 1 unspecified atom stereocenters. The number of carbonyl (C=O) groups is 1. The molecule has 6 heteroatoms. The van der Waals surface area contributed by atoms with Crippen LogP contribution < -0.4 is 10.1 Å². The zero-order chi connectivity index (χ0) is 10.5. The molecule has 1 N–H and O–H groups in total. The molecule has 2 rings (SSSR count). The van der Waals surface area contributed by atoms with Crippen LogP contribution in [0.5, 0.6) is 6.01 Å². The van der Waals surface area contributed by atoms with E-state index in [9.17, 15) is 4.79 Å². The topological polar surface area (TPSA) is 73.3 Å². The highest BCUT2D eigenvalue weighted by Crippen LogP contribution is 2.13. The minimum absolute atomic E-state index is 0.0106. The number of ether oxygens (including phenoxy) is 2. The van der Waals surface area contributed by atoms with E-state index < -0.39 is 0 Å². The van der Waals surface area contributed by atoms with E-state index in [4.69, 9.17) is 9.47 Å². The molecule has 80 valence electrons. The molecular weight excluding hydrogens is 198 g/mol. The molecule has 0 saturated carbocycles. The number of rotatable bonds is 4. The van der Waals surface area contributed by atoms with Crippen molar-refractivity contribution in [3.63, 3.8) is 0 Å². The molecule has 1 aromatic rings. The van der Waals surface area contributed by atoms with Crippen molar-refractivity contribution in [3.8, 4) is 6.01 Å². The van der Waals surface area contributed by atoms with Gasteiger partial charge in [-0.05, 0) is 6.07 Å². The van der Waals surface area contributed by atoms with Crippen LogP contribution in [0.3, 0.4) is 0 Å². The number of amides is 1. The third-order valence-electron chi connectivity index (χ3n) is 2.00. The summed E-state index contributed by atoms with van der Waals surface area (Å²) in [5.74, 6) is 0.425. The molecule has 0 aliphatic carbocycles. The largest absolute Gasteiger partial charge is 0.458 e. The summed E-state index contributed by atoms with van der Waals surface area (Å²) in [4.78, 5) is 18.1. The molecular formula is C9H11N3O3. The standard InChI is InChI=1S/C9H11N3O3/c13-6-11-8-1-3-10-9(12-8)15-7-2-4-14-5-7/h1,3,6-7H,2,4-5H2,(H,10,11,12,13). The van der Waals surface area contributed by atoms with Crippen molar-refractivity contribution >= 4 is 12.2 Å². The van der Waals surface area contributed by atoms with Gasteiger partial charge in [-0.15, -0.1) is 0 Å². The van der Waals surface area contributed by atoms with E-state index in [1.165, 1.54) is 6.20 Å². The second-order valence-corrected chi connectivity index (χ2v) is 3.09. The molecule has 1 aliphatic heterocycles. The Labute approximate surface area is 86.6 Å². The first-order valence-electron chi connectivity index (χ1n) is 4.66. The third-order valence-corrected chi connectivity index (χ3v) is 2.00. The van der Waals surface area contributed by atoms with Gasteiger partial charge < -0.3 is 14.8 Å². The van der Waals surface area contributed by atoms with E-state index in [1.807, 2.05) is 0 Å². The molecule has 0 radical (unpaired) electrons. The summed E-state index contributed by atoms with van der Waals surface area (Å²) < 4.78 is 10.6. The van der Waals surface area contributed by atoms with Gasteiger partial charge in [-0.3, -0.25) is 4.79 Å². The fourth-order valence-electron chi connectivity index (χ4n) is 1.29. The van der Waals surface area contributed by atoms with E-state index in [0.29, 0.717) is 25.4 Å². The van der Waals surface area contributed by atoms with Crippen molar-refractivity contribution in [1.82, 2.24) is 9.97 Å². The quantitative estimate of drug-likeness (QED) is 0.718. The van der Waals surface area contributed by atoms with Gasteiger partial charge in [0.05, 0.1) is 13.2 Å². The molecule has 1 fully saturated rings. The molecule has 1 aliphatic rings. The number of hydrogen-bond acceptors (Lipinski definition) is 5. The SMILES string of the molecule is O=CNc1ccnc(OC2CCOC2)n1. The predicted octanol–water partition coefficient (Wildman–Crippen LogP) is 0.213. The first kappa shape index (κ1) is 9.85. The second kappa shape index (κ2) is 4.70. The fraction of sp³-hybridized carbons (Fsp3) is 0.444. The number of nitrogens with zero attached hydrogens (tertiary/aromatic N) is 2. The lowest BCUT2D eigenvalue weighted by Gasteiger charge is -2.09. The Morgan fingerprint density at radius 2 is 2.60 bits per heavy atom. The Balaban J connectivity index is 2.00. The van der Waals surface area contributed by atoms with Gasteiger partial charge in [0.2, 0.25) is 6.41 Å². The fourth-order valence-corrected chi connectivity index (χ4v) is 1.29. The maximum Gasteiger partial charge on any atom is 0.318 e. The van der Waals surface area contributed by atoms with Crippen molar-refractivity contribution < 1.29 is 14.3 Å². The van der Waals surface area contributed by atoms with Crippen molar-refractivity contribution in [1.29, 1.82) is 0 Å². The molecule has 1 saturated heterocycles. The number of carbonyl (C=O) groups excluding carboxylic acids is 1. The zero-order valence-corrected chi connectivity index (χ0v) is 8.05. The molecule has 1 atom stereocenters. The van der Waals surface area contributed by atoms with Crippen LogP contribution in [0.1, 0.15) is 6.42 Å². The average Bonchev–Trinajstić information content (AvgIpc) is 2.71. The maximum atomic E-state index is 10.2. The Kier molecular flexibility index (Phi) is 3.08. The van der Waals surface area contributed by atoms with Gasteiger partial charge in [-0.1, -0.05) is 0 Å². The summed E-state index contributed by atoms with van der Waals surface area (Å²) in [7, 11) is 0. The zero-order valence-electron chi connectivity index (χ0n) is 8.05.